The van der Waals surface area contributed by atoms with Crippen LogP contribution in [0.3, 0.4) is 0 Å². The van der Waals surface area contributed by atoms with Gasteiger partial charge in [0.05, 0.1) is 11.1 Å². The van der Waals surface area contributed by atoms with Crippen LogP contribution in [0.5, 0.6) is 0 Å². The number of halogens is 1. The Labute approximate surface area is 88.5 Å². The van der Waals surface area contributed by atoms with Gasteiger partial charge in [0, 0.05) is 0 Å². The summed E-state index contributed by atoms with van der Waals surface area (Å²) in [7, 11) is 0. The molecule has 1 aromatic carbocycles. The molecule has 1 rings (SSSR count). The zero-order valence-corrected chi connectivity index (χ0v) is 8.67. The number of benzene rings is 1. The van der Waals surface area contributed by atoms with Gasteiger partial charge in [0.1, 0.15) is 5.82 Å². The smallest absolute Gasteiger partial charge is 0.255 e. The molecule has 0 aliphatic heterocycles. The summed E-state index contributed by atoms with van der Waals surface area (Å²) >= 11 is 0. The lowest BCUT2D eigenvalue weighted by molar-refractivity contribution is 0.0926. The van der Waals surface area contributed by atoms with Crippen LogP contribution in [-0.4, -0.2) is 11.4 Å². The Morgan fingerprint density at radius 3 is 2.60 bits per heavy atom. The zero-order valence-electron chi connectivity index (χ0n) is 8.67. The summed E-state index contributed by atoms with van der Waals surface area (Å²) in [6.07, 6.45) is 5.21. The molecule has 3 heteroatoms. The second-order valence-corrected chi connectivity index (χ2v) is 3.70. The first-order valence-corrected chi connectivity index (χ1v) is 4.51. The summed E-state index contributed by atoms with van der Waals surface area (Å²) in [6, 6.07) is 5.77. The van der Waals surface area contributed by atoms with E-state index < -0.39 is 17.3 Å². The minimum absolute atomic E-state index is 0.000764. The molecule has 0 heterocycles. The number of carbonyl (C=O) groups excluding carboxylic acids is 1. The van der Waals surface area contributed by atoms with Crippen LogP contribution in [0.2, 0.25) is 0 Å². The summed E-state index contributed by atoms with van der Waals surface area (Å²) in [5, 5.41) is 2.55. The first kappa shape index (κ1) is 11.3. The van der Waals surface area contributed by atoms with Crippen molar-refractivity contribution in [2.24, 2.45) is 0 Å². The van der Waals surface area contributed by atoms with E-state index in [-0.39, 0.29) is 5.56 Å². The first-order chi connectivity index (χ1) is 6.96. The van der Waals surface area contributed by atoms with Gasteiger partial charge in [0.15, 0.2) is 0 Å². The van der Waals surface area contributed by atoms with E-state index in [0.29, 0.717) is 0 Å². The molecule has 15 heavy (non-hydrogen) atoms. The molecular weight excluding hydrogens is 193 g/mol. The molecule has 1 aromatic rings. The highest BCUT2D eigenvalue weighted by Crippen LogP contribution is 2.08. The summed E-state index contributed by atoms with van der Waals surface area (Å²) in [6.45, 7) is 3.34. The molecule has 0 aliphatic carbocycles. The molecule has 0 bridgehead atoms. The van der Waals surface area contributed by atoms with Gasteiger partial charge in [-0.05, 0) is 26.0 Å². The molecular formula is C12H12FNO. The van der Waals surface area contributed by atoms with E-state index in [1.165, 1.54) is 18.2 Å². The SMILES string of the molecule is C#CC(C)(C)NC(=O)c1ccccc1F. The lowest BCUT2D eigenvalue weighted by Crippen LogP contribution is -2.42. The maximum Gasteiger partial charge on any atom is 0.255 e. The van der Waals surface area contributed by atoms with E-state index in [1.54, 1.807) is 19.9 Å². The van der Waals surface area contributed by atoms with Crippen molar-refractivity contribution in [3.63, 3.8) is 0 Å². The summed E-state index contributed by atoms with van der Waals surface area (Å²) in [4.78, 5) is 11.6. The number of carbonyl (C=O) groups is 1. The van der Waals surface area contributed by atoms with Gasteiger partial charge < -0.3 is 5.32 Å². The van der Waals surface area contributed by atoms with E-state index in [2.05, 4.69) is 11.2 Å². The Bertz CT molecular complexity index is 418. The third-order valence-electron chi connectivity index (χ3n) is 1.91. The Hall–Kier alpha value is -1.82. The Morgan fingerprint density at radius 2 is 2.07 bits per heavy atom. The van der Waals surface area contributed by atoms with Gasteiger partial charge in [-0.3, -0.25) is 4.79 Å². The molecule has 1 amide bonds. The van der Waals surface area contributed by atoms with Gasteiger partial charge in [-0.2, -0.15) is 0 Å². The molecule has 0 radical (unpaired) electrons. The van der Waals surface area contributed by atoms with E-state index in [9.17, 15) is 9.18 Å². The molecule has 0 saturated carbocycles. The van der Waals surface area contributed by atoms with Crippen LogP contribution in [-0.2, 0) is 0 Å². The van der Waals surface area contributed by atoms with E-state index in [4.69, 9.17) is 6.42 Å². The van der Waals surface area contributed by atoms with E-state index in [1.807, 2.05) is 0 Å². The predicted molar refractivity (Wildman–Crippen MR) is 56.8 cm³/mol. The molecule has 0 fully saturated rings. The second-order valence-electron chi connectivity index (χ2n) is 3.70. The number of nitrogens with one attached hydrogen (secondary N) is 1. The van der Waals surface area contributed by atoms with Crippen LogP contribution >= 0.6 is 0 Å². The van der Waals surface area contributed by atoms with Gasteiger partial charge in [0.25, 0.3) is 5.91 Å². The molecule has 0 aliphatic rings. The Morgan fingerprint density at radius 1 is 1.47 bits per heavy atom. The van der Waals surface area contributed by atoms with Crippen LogP contribution in [0.4, 0.5) is 4.39 Å². The van der Waals surface area contributed by atoms with Crippen LogP contribution < -0.4 is 5.32 Å². The number of rotatable bonds is 2. The van der Waals surface area contributed by atoms with Crippen molar-refractivity contribution in [3.05, 3.63) is 35.6 Å². The summed E-state index contributed by atoms with van der Waals surface area (Å²) in [5.74, 6) is 1.35. The summed E-state index contributed by atoms with van der Waals surface area (Å²) in [5.41, 5.74) is -0.778. The molecule has 0 atom stereocenters. The average Bonchev–Trinajstić information content (AvgIpc) is 2.17. The number of hydrogen-bond donors (Lipinski definition) is 1. The van der Waals surface area contributed by atoms with Gasteiger partial charge >= 0.3 is 0 Å². The number of terminal acetylenes is 1. The minimum atomic E-state index is -0.778. The molecule has 0 unspecified atom stereocenters. The quantitative estimate of drug-likeness (QED) is 0.735. The van der Waals surface area contributed by atoms with Gasteiger partial charge in [-0.15, -0.1) is 6.42 Å². The van der Waals surface area contributed by atoms with Crippen LogP contribution in [0.15, 0.2) is 24.3 Å². The normalized spacial score (nSPS) is 10.5. The topological polar surface area (TPSA) is 29.1 Å². The van der Waals surface area contributed by atoms with Gasteiger partial charge in [-0.1, -0.05) is 18.1 Å². The van der Waals surface area contributed by atoms with Crippen molar-refractivity contribution < 1.29 is 9.18 Å². The third kappa shape index (κ3) is 2.81. The molecule has 0 aromatic heterocycles. The second kappa shape index (κ2) is 4.14. The average molecular weight is 205 g/mol. The number of amides is 1. The van der Waals surface area contributed by atoms with Crippen molar-refractivity contribution in [2.45, 2.75) is 19.4 Å². The van der Waals surface area contributed by atoms with Crippen molar-refractivity contribution in [2.75, 3.05) is 0 Å². The fraction of sp³-hybridized carbons (Fsp3) is 0.250. The third-order valence-corrected chi connectivity index (χ3v) is 1.91. The Balaban J connectivity index is 2.89. The fourth-order valence-electron chi connectivity index (χ4n) is 1.03. The van der Waals surface area contributed by atoms with Crippen LogP contribution in [0.1, 0.15) is 24.2 Å². The van der Waals surface area contributed by atoms with E-state index >= 15 is 0 Å². The molecule has 0 saturated heterocycles. The maximum absolute atomic E-state index is 13.2. The molecule has 78 valence electrons. The summed E-state index contributed by atoms with van der Waals surface area (Å²) < 4.78 is 13.2. The van der Waals surface area contributed by atoms with Crippen LogP contribution in [0, 0.1) is 18.2 Å². The number of hydrogen-bond acceptors (Lipinski definition) is 1. The predicted octanol–water partition coefficient (Wildman–Crippen LogP) is 1.97. The fourth-order valence-corrected chi connectivity index (χ4v) is 1.03. The van der Waals surface area contributed by atoms with Gasteiger partial charge in [0.2, 0.25) is 0 Å². The van der Waals surface area contributed by atoms with Crippen molar-refractivity contribution in [3.8, 4) is 12.3 Å². The van der Waals surface area contributed by atoms with Gasteiger partial charge in [-0.25, -0.2) is 4.39 Å². The highest BCUT2D eigenvalue weighted by atomic mass is 19.1. The Kier molecular flexibility index (Phi) is 3.11. The molecule has 2 nitrogen and oxygen atoms in total. The monoisotopic (exact) mass is 205 g/mol. The maximum atomic E-state index is 13.2. The molecule has 0 spiro atoms. The highest BCUT2D eigenvalue weighted by molar-refractivity contribution is 5.95. The van der Waals surface area contributed by atoms with E-state index in [0.717, 1.165) is 0 Å². The van der Waals surface area contributed by atoms with Crippen molar-refractivity contribution in [1.82, 2.24) is 5.32 Å². The standard InChI is InChI=1S/C12H12FNO/c1-4-12(2,3)14-11(15)9-7-5-6-8-10(9)13/h1,5-8H,2-3H3,(H,14,15). The lowest BCUT2D eigenvalue weighted by Gasteiger charge is -2.19. The largest absolute Gasteiger partial charge is 0.336 e. The highest BCUT2D eigenvalue weighted by Gasteiger charge is 2.19. The minimum Gasteiger partial charge on any atom is -0.336 e. The van der Waals surface area contributed by atoms with Crippen LogP contribution in [0.25, 0.3) is 0 Å². The van der Waals surface area contributed by atoms with Crippen molar-refractivity contribution in [1.29, 1.82) is 0 Å². The zero-order chi connectivity index (χ0) is 11.5. The van der Waals surface area contributed by atoms with Crippen molar-refractivity contribution >= 4 is 5.91 Å². The lowest BCUT2D eigenvalue weighted by atomic mass is 10.1. The first-order valence-electron chi connectivity index (χ1n) is 4.51. The molecule has 1 N–H and O–H groups in total.